The van der Waals surface area contributed by atoms with Crippen molar-refractivity contribution in [3.05, 3.63) is 0 Å². The summed E-state index contributed by atoms with van der Waals surface area (Å²) in [5.41, 5.74) is -0.0487. The lowest BCUT2D eigenvalue weighted by Crippen LogP contribution is -2.57. The van der Waals surface area contributed by atoms with E-state index < -0.39 is 0 Å². The third-order valence-corrected chi connectivity index (χ3v) is 3.58. The molecule has 0 aliphatic carbocycles. The molecule has 0 aromatic rings. The van der Waals surface area contributed by atoms with Gasteiger partial charge in [0.1, 0.15) is 0 Å². The van der Waals surface area contributed by atoms with Gasteiger partial charge in [-0.15, -0.1) is 0 Å². The Morgan fingerprint density at radius 3 is 2.88 bits per heavy atom. The molecule has 0 saturated carbocycles. The van der Waals surface area contributed by atoms with Gasteiger partial charge in [-0.25, -0.2) is 0 Å². The summed E-state index contributed by atoms with van der Waals surface area (Å²) in [6.45, 7) is 6.35. The SMILES string of the molecule is CCCC(=O)N1CCOC2(CCNCC2)C1. The maximum atomic E-state index is 11.9. The molecule has 2 saturated heterocycles. The molecule has 2 aliphatic rings. The van der Waals surface area contributed by atoms with Crippen LogP contribution in [0, 0.1) is 0 Å². The number of carbonyl (C=O) groups is 1. The van der Waals surface area contributed by atoms with Crippen LogP contribution in [-0.4, -0.2) is 49.2 Å². The third kappa shape index (κ3) is 2.55. The molecular weight excluding hydrogens is 204 g/mol. The van der Waals surface area contributed by atoms with Crippen LogP contribution in [0.25, 0.3) is 0 Å². The highest BCUT2D eigenvalue weighted by Gasteiger charge is 2.38. The Bertz CT molecular complexity index is 244. The smallest absolute Gasteiger partial charge is 0.222 e. The monoisotopic (exact) mass is 226 g/mol. The molecule has 4 heteroatoms. The molecule has 2 heterocycles. The Morgan fingerprint density at radius 2 is 2.19 bits per heavy atom. The summed E-state index contributed by atoms with van der Waals surface area (Å²) >= 11 is 0. The van der Waals surface area contributed by atoms with Crippen molar-refractivity contribution < 1.29 is 9.53 Å². The molecule has 2 fully saturated rings. The van der Waals surface area contributed by atoms with Gasteiger partial charge in [0, 0.05) is 19.5 Å². The molecule has 2 aliphatic heterocycles. The van der Waals surface area contributed by atoms with Gasteiger partial charge in [-0.1, -0.05) is 6.92 Å². The van der Waals surface area contributed by atoms with Crippen LogP contribution < -0.4 is 5.32 Å². The van der Waals surface area contributed by atoms with Gasteiger partial charge in [0.2, 0.25) is 5.91 Å². The van der Waals surface area contributed by atoms with Gasteiger partial charge in [0.25, 0.3) is 0 Å². The molecule has 1 N–H and O–H groups in total. The fraction of sp³-hybridized carbons (Fsp3) is 0.917. The summed E-state index contributed by atoms with van der Waals surface area (Å²) in [5.74, 6) is 0.295. The quantitative estimate of drug-likeness (QED) is 0.756. The number of piperidine rings is 1. The van der Waals surface area contributed by atoms with E-state index in [1.807, 2.05) is 4.90 Å². The second-order valence-electron chi connectivity index (χ2n) is 4.85. The lowest BCUT2D eigenvalue weighted by atomic mass is 9.90. The van der Waals surface area contributed by atoms with Crippen molar-refractivity contribution in [1.29, 1.82) is 0 Å². The highest BCUT2D eigenvalue weighted by molar-refractivity contribution is 5.76. The van der Waals surface area contributed by atoms with Crippen molar-refractivity contribution in [3.8, 4) is 0 Å². The zero-order valence-electron chi connectivity index (χ0n) is 10.1. The number of ether oxygens (including phenoxy) is 1. The van der Waals surface area contributed by atoms with Gasteiger partial charge in [-0.2, -0.15) is 0 Å². The number of hydrogen-bond donors (Lipinski definition) is 1. The van der Waals surface area contributed by atoms with Crippen molar-refractivity contribution in [2.45, 2.75) is 38.2 Å². The van der Waals surface area contributed by atoms with Crippen LogP contribution in [0.3, 0.4) is 0 Å². The van der Waals surface area contributed by atoms with E-state index in [-0.39, 0.29) is 5.60 Å². The van der Waals surface area contributed by atoms with Crippen LogP contribution in [0.2, 0.25) is 0 Å². The molecule has 92 valence electrons. The Hall–Kier alpha value is -0.610. The number of carbonyl (C=O) groups excluding carboxylic acids is 1. The number of nitrogens with one attached hydrogen (secondary N) is 1. The van der Waals surface area contributed by atoms with E-state index >= 15 is 0 Å². The molecule has 16 heavy (non-hydrogen) atoms. The van der Waals surface area contributed by atoms with Crippen molar-refractivity contribution in [1.82, 2.24) is 10.2 Å². The van der Waals surface area contributed by atoms with Gasteiger partial charge in [0.15, 0.2) is 0 Å². The molecule has 0 radical (unpaired) electrons. The highest BCUT2D eigenvalue weighted by atomic mass is 16.5. The van der Waals surface area contributed by atoms with Crippen LogP contribution in [0.15, 0.2) is 0 Å². The molecule has 0 aromatic carbocycles. The molecule has 1 spiro atoms. The fourth-order valence-electron chi connectivity index (χ4n) is 2.61. The largest absolute Gasteiger partial charge is 0.371 e. The lowest BCUT2D eigenvalue weighted by Gasteiger charge is -2.45. The fourth-order valence-corrected chi connectivity index (χ4v) is 2.61. The summed E-state index contributed by atoms with van der Waals surface area (Å²) in [5, 5.41) is 3.34. The second-order valence-corrected chi connectivity index (χ2v) is 4.85. The lowest BCUT2D eigenvalue weighted by molar-refractivity contribution is -0.155. The number of amides is 1. The van der Waals surface area contributed by atoms with E-state index in [4.69, 9.17) is 4.74 Å². The molecule has 2 rings (SSSR count). The highest BCUT2D eigenvalue weighted by Crippen LogP contribution is 2.27. The predicted octanol–water partition coefficient (Wildman–Crippen LogP) is 0.767. The molecule has 0 bridgehead atoms. The first-order valence-electron chi connectivity index (χ1n) is 6.38. The summed E-state index contributed by atoms with van der Waals surface area (Å²) in [4.78, 5) is 13.9. The Balaban J connectivity index is 1.94. The number of hydrogen-bond acceptors (Lipinski definition) is 3. The normalized spacial score (nSPS) is 24.7. The summed E-state index contributed by atoms with van der Waals surface area (Å²) in [6, 6.07) is 0. The van der Waals surface area contributed by atoms with Gasteiger partial charge in [-0.3, -0.25) is 4.79 Å². The van der Waals surface area contributed by atoms with Gasteiger partial charge >= 0.3 is 0 Å². The van der Waals surface area contributed by atoms with Crippen molar-refractivity contribution >= 4 is 5.91 Å². The van der Waals surface area contributed by atoms with Crippen LogP contribution in [0.1, 0.15) is 32.6 Å². The first-order chi connectivity index (χ1) is 7.76. The summed E-state index contributed by atoms with van der Waals surface area (Å²) < 4.78 is 5.93. The van der Waals surface area contributed by atoms with Crippen molar-refractivity contribution in [2.75, 3.05) is 32.8 Å². The van der Waals surface area contributed by atoms with Crippen LogP contribution in [0.5, 0.6) is 0 Å². The minimum absolute atomic E-state index is 0.0487. The average Bonchev–Trinajstić information content (AvgIpc) is 2.30. The average molecular weight is 226 g/mol. The van der Waals surface area contributed by atoms with E-state index in [0.29, 0.717) is 18.9 Å². The van der Waals surface area contributed by atoms with E-state index in [2.05, 4.69) is 12.2 Å². The zero-order chi connectivity index (χ0) is 11.4. The van der Waals surface area contributed by atoms with Crippen LogP contribution in [0.4, 0.5) is 0 Å². The maximum absolute atomic E-state index is 11.9. The maximum Gasteiger partial charge on any atom is 0.222 e. The number of rotatable bonds is 2. The van der Waals surface area contributed by atoms with E-state index in [1.165, 1.54) is 0 Å². The van der Waals surface area contributed by atoms with E-state index in [9.17, 15) is 4.79 Å². The van der Waals surface area contributed by atoms with E-state index in [0.717, 1.165) is 45.4 Å². The van der Waals surface area contributed by atoms with Crippen LogP contribution >= 0.6 is 0 Å². The molecule has 1 amide bonds. The second kappa shape index (κ2) is 5.15. The van der Waals surface area contributed by atoms with Crippen molar-refractivity contribution in [3.63, 3.8) is 0 Å². The molecular formula is C12H22N2O2. The molecule has 4 nitrogen and oxygen atoms in total. The third-order valence-electron chi connectivity index (χ3n) is 3.58. The number of nitrogens with zero attached hydrogens (tertiary/aromatic N) is 1. The Kier molecular flexibility index (Phi) is 3.82. The van der Waals surface area contributed by atoms with Crippen LogP contribution in [-0.2, 0) is 9.53 Å². The first kappa shape index (κ1) is 11.9. The van der Waals surface area contributed by atoms with Gasteiger partial charge in [-0.05, 0) is 32.4 Å². The first-order valence-corrected chi connectivity index (χ1v) is 6.38. The topological polar surface area (TPSA) is 41.6 Å². The minimum atomic E-state index is -0.0487. The Morgan fingerprint density at radius 1 is 1.44 bits per heavy atom. The predicted molar refractivity (Wildman–Crippen MR) is 62.3 cm³/mol. The number of morpholine rings is 1. The van der Waals surface area contributed by atoms with E-state index in [1.54, 1.807) is 0 Å². The zero-order valence-corrected chi connectivity index (χ0v) is 10.1. The summed E-state index contributed by atoms with van der Waals surface area (Å²) in [7, 11) is 0. The van der Waals surface area contributed by atoms with Gasteiger partial charge < -0.3 is 15.0 Å². The van der Waals surface area contributed by atoms with Gasteiger partial charge in [0.05, 0.1) is 12.2 Å². The Labute approximate surface area is 97.3 Å². The summed E-state index contributed by atoms with van der Waals surface area (Å²) in [6.07, 6.45) is 3.67. The molecule has 0 aromatic heterocycles. The standard InChI is InChI=1S/C12H22N2O2/c1-2-3-11(15)14-8-9-16-12(10-14)4-6-13-7-5-12/h13H,2-10H2,1H3. The molecule has 0 unspecified atom stereocenters. The minimum Gasteiger partial charge on any atom is -0.371 e. The van der Waals surface area contributed by atoms with Crippen molar-refractivity contribution in [2.24, 2.45) is 0 Å². The molecule has 0 atom stereocenters.